The predicted molar refractivity (Wildman–Crippen MR) is 117 cm³/mol. The predicted octanol–water partition coefficient (Wildman–Crippen LogP) is 7.72. The fourth-order valence-electron chi connectivity index (χ4n) is 3.05. The number of halogens is 1. The van der Waals surface area contributed by atoms with Crippen LogP contribution in [-0.2, 0) is 15.6 Å². The molecule has 0 fully saturated rings. The van der Waals surface area contributed by atoms with E-state index < -0.39 is 0 Å². The molecule has 1 aromatic rings. The van der Waals surface area contributed by atoms with Crippen molar-refractivity contribution >= 4 is 19.2 Å². The van der Waals surface area contributed by atoms with Gasteiger partial charge in [-0.1, -0.05) is 91.1 Å². The Bertz CT molecular complexity index is 558. The third kappa shape index (κ3) is 6.70. The van der Waals surface area contributed by atoms with Gasteiger partial charge in [-0.25, -0.2) is 0 Å². The minimum atomic E-state index is -0.0114. The van der Waals surface area contributed by atoms with Crippen LogP contribution in [0.3, 0.4) is 0 Å². The van der Waals surface area contributed by atoms with Gasteiger partial charge < -0.3 is 9.47 Å². The zero-order valence-corrected chi connectivity index (χ0v) is 19.7. The molecule has 1 aromatic carbocycles. The molecule has 2 atom stereocenters. The molecule has 0 aromatic heterocycles. The zero-order chi connectivity index (χ0) is 20.0. The molecule has 2 unspecified atom stereocenters. The standard InChI is InChI=1S/C22H38ClO2P/c1-9-10-11-12-19(26-23)17-13-16(21(2,3)4)14-18(22(5,6)7)20(17)25-15-24-8/h13-14,19,26H,9-12,15H2,1-8H3. The van der Waals surface area contributed by atoms with Crippen molar-refractivity contribution in [1.82, 2.24) is 0 Å². The number of methoxy groups -OCH3 is 1. The van der Waals surface area contributed by atoms with Crippen LogP contribution in [0.1, 0.15) is 96.5 Å². The van der Waals surface area contributed by atoms with E-state index in [1.165, 1.54) is 36.0 Å². The normalized spacial score (nSPS) is 14.2. The Balaban J connectivity index is 3.54. The molecule has 0 bridgehead atoms. The Hall–Kier alpha value is -0.300. The number of hydrogen-bond donors (Lipinski definition) is 0. The molecule has 0 heterocycles. The van der Waals surface area contributed by atoms with Crippen LogP contribution in [0.15, 0.2) is 12.1 Å². The van der Waals surface area contributed by atoms with Crippen molar-refractivity contribution in [3.05, 3.63) is 28.8 Å². The smallest absolute Gasteiger partial charge is 0.188 e. The summed E-state index contributed by atoms with van der Waals surface area (Å²) in [6.45, 7) is 16.0. The van der Waals surface area contributed by atoms with Crippen LogP contribution in [-0.4, -0.2) is 13.9 Å². The molecule has 0 saturated heterocycles. The summed E-state index contributed by atoms with van der Waals surface area (Å²) in [6, 6.07) is 4.64. The number of benzene rings is 1. The first kappa shape index (κ1) is 23.7. The summed E-state index contributed by atoms with van der Waals surface area (Å²) >= 11 is 6.46. The van der Waals surface area contributed by atoms with Crippen molar-refractivity contribution in [3.63, 3.8) is 0 Å². The van der Waals surface area contributed by atoms with Crippen molar-refractivity contribution in [2.45, 2.75) is 90.6 Å². The molecular weight excluding hydrogens is 363 g/mol. The highest BCUT2D eigenvalue weighted by molar-refractivity contribution is 7.68. The summed E-state index contributed by atoms with van der Waals surface area (Å²) in [4.78, 5) is 0. The monoisotopic (exact) mass is 400 g/mol. The van der Waals surface area contributed by atoms with Gasteiger partial charge in [0.05, 0.1) is 0 Å². The average molecular weight is 401 g/mol. The van der Waals surface area contributed by atoms with E-state index in [0.717, 1.165) is 12.2 Å². The van der Waals surface area contributed by atoms with Crippen LogP contribution in [0.4, 0.5) is 0 Å². The first-order valence-electron chi connectivity index (χ1n) is 9.73. The molecule has 0 saturated carbocycles. The van der Waals surface area contributed by atoms with Gasteiger partial charge in [-0.15, -0.1) is 0 Å². The minimum Gasteiger partial charge on any atom is -0.467 e. The lowest BCUT2D eigenvalue weighted by Crippen LogP contribution is -2.20. The molecule has 4 heteroatoms. The van der Waals surface area contributed by atoms with E-state index in [1.54, 1.807) is 7.11 Å². The van der Waals surface area contributed by atoms with Crippen molar-refractivity contribution < 1.29 is 9.47 Å². The molecule has 0 radical (unpaired) electrons. The second kappa shape index (κ2) is 10.3. The Kier molecular flexibility index (Phi) is 9.40. The zero-order valence-electron chi connectivity index (χ0n) is 18.0. The van der Waals surface area contributed by atoms with E-state index in [9.17, 15) is 0 Å². The Morgan fingerprint density at radius 3 is 2.15 bits per heavy atom. The van der Waals surface area contributed by atoms with Crippen molar-refractivity contribution in [1.29, 1.82) is 0 Å². The van der Waals surface area contributed by atoms with E-state index in [4.69, 9.17) is 20.7 Å². The molecule has 0 N–H and O–H groups in total. The van der Waals surface area contributed by atoms with Crippen molar-refractivity contribution in [2.75, 3.05) is 13.9 Å². The molecule has 0 aliphatic rings. The van der Waals surface area contributed by atoms with Crippen LogP contribution in [0.25, 0.3) is 0 Å². The van der Waals surface area contributed by atoms with Crippen molar-refractivity contribution in [3.8, 4) is 5.75 Å². The molecule has 150 valence electrons. The van der Waals surface area contributed by atoms with Crippen molar-refractivity contribution in [2.24, 2.45) is 0 Å². The number of ether oxygens (including phenoxy) is 2. The molecule has 26 heavy (non-hydrogen) atoms. The molecule has 0 amide bonds. The van der Waals surface area contributed by atoms with Gasteiger partial charge in [0, 0.05) is 23.9 Å². The maximum absolute atomic E-state index is 6.46. The summed E-state index contributed by atoms with van der Waals surface area (Å²) in [5, 5.41) is 0. The average Bonchev–Trinajstić information content (AvgIpc) is 2.54. The summed E-state index contributed by atoms with van der Waals surface area (Å²) < 4.78 is 11.3. The summed E-state index contributed by atoms with van der Waals surface area (Å²) in [6.07, 6.45) is 4.78. The van der Waals surface area contributed by atoms with E-state index in [0.29, 0.717) is 13.6 Å². The van der Waals surface area contributed by atoms with Gasteiger partial charge in [-0.05, 0) is 30.7 Å². The highest BCUT2D eigenvalue weighted by Crippen LogP contribution is 2.49. The third-order valence-electron chi connectivity index (χ3n) is 4.72. The van der Waals surface area contributed by atoms with E-state index in [-0.39, 0.29) is 17.6 Å². The van der Waals surface area contributed by atoms with Crippen LogP contribution >= 0.6 is 19.2 Å². The van der Waals surface area contributed by atoms with Crippen LogP contribution in [0.5, 0.6) is 5.75 Å². The largest absolute Gasteiger partial charge is 0.467 e. The molecular formula is C22H38ClO2P. The molecule has 0 aliphatic carbocycles. The Labute approximate surface area is 168 Å². The minimum absolute atomic E-state index is 0.0114. The highest BCUT2D eigenvalue weighted by Gasteiger charge is 2.28. The highest BCUT2D eigenvalue weighted by atomic mass is 35.7. The third-order valence-corrected chi connectivity index (χ3v) is 6.37. The SMILES string of the molecule is CCCCCC(PCl)c1cc(C(C)(C)C)cc(C(C)(C)C)c1OCOC. The number of rotatable bonds is 9. The maximum atomic E-state index is 6.46. The summed E-state index contributed by atoms with van der Waals surface area (Å²) in [7, 11) is 2.02. The van der Waals surface area contributed by atoms with Gasteiger partial charge in [-0.3, -0.25) is 0 Å². The first-order valence-corrected chi connectivity index (χ1v) is 11.8. The summed E-state index contributed by atoms with van der Waals surface area (Å²) in [5.41, 5.74) is 4.24. The van der Waals surface area contributed by atoms with E-state index in [2.05, 4.69) is 60.6 Å². The quantitative estimate of drug-likeness (QED) is 0.240. The van der Waals surface area contributed by atoms with Crippen LogP contribution in [0, 0.1) is 0 Å². The Morgan fingerprint density at radius 2 is 1.69 bits per heavy atom. The number of hydrogen-bond acceptors (Lipinski definition) is 2. The second-order valence-corrected chi connectivity index (χ2v) is 10.7. The molecule has 2 nitrogen and oxygen atoms in total. The topological polar surface area (TPSA) is 18.5 Å². The van der Waals surface area contributed by atoms with Gasteiger partial charge in [0.2, 0.25) is 0 Å². The van der Waals surface area contributed by atoms with Gasteiger partial charge >= 0.3 is 0 Å². The lowest BCUT2D eigenvalue weighted by Gasteiger charge is -2.31. The maximum Gasteiger partial charge on any atom is 0.188 e. The lowest BCUT2D eigenvalue weighted by molar-refractivity contribution is 0.0490. The van der Waals surface area contributed by atoms with Gasteiger partial charge in [-0.2, -0.15) is 0 Å². The van der Waals surface area contributed by atoms with Crippen LogP contribution < -0.4 is 4.74 Å². The fraction of sp³-hybridized carbons (Fsp3) is 0.727. The number of unbranched alkanes of at least 4 members (excludes halogenated alkanes) is 2. The van der Waals surface area contributed by atoms with Gasteiger partial charge in [0.1, 0.15) is 5.75 Å². The van der Waals surface area contributed by atoms with Crippen LogP contribution in [0.2, 0.25) is 0 Å². The van der Waals surface area contributed by atoms with E-state index in [1.807, 2.05) is 0 Å². The van der Waals surface area contributed by atoms with Gasteiger partial charge in [0.25, 0.3) is 0 Å². The fourth-order valence-corrected chi connectivity index (χ4v) is 4.37. The molecule has 0 spiro atoms. The van der Waals surface area contributed by atoms with E-state index >= 15 is 0 Å². The first-order chi connectivity index (χ1) is 12.1. The summed E-state index contributed by atoms with van der Waals surface area (Å²) in [5.74, 6) is 0.974. The molecule has 1 rings (SSSR count). The molecule has 0 aliphatic heterocycles. The lowest BCUT2D eigenvalue weighted by atomic mass is 9.78. The second-order valence-electron chi connectivity index (χ2n) is 9.15. The van der Waals surface area contributed by atoms with Gasteiger partial charge in [0.15, 0.2) is 6.79 Å². The Morgan fingerprint density at radius 1 is 1.04 bits per heavy atom.